The summed E-state index contributed by atoms with van der Waals surface area (Å²) in [5, 5.41) is 12.3. The third-order valence-corrected chi connectivity index (χ3v) is 6.66. The molecule has 1 saturated carbocycles. The molecule has 3 heterocycles. The van der Waals surface area contributed by atoms with E-state index in [0.717, 1.165) is 55.0 Å². The molecule has 1 aliphatic heterocycles. The number of hydrogen-bond acceptors (Lipinski definition) is 7. The van der Waals surface area contributed by atoms with Crippen LogP contribution in [0.5, 0.6) is 0 Å². The lowest BCUT2D eigenvalue weighted by molar-refractivity contribution is -0.0639. The van der Waals surface area contributed by atoms with Gasteiger partial charge in [0.1, 0.15) is 10.8 Å². The number of nitrogens with zero attached hydrogens (tertiary/aromatic N) is 5. The van der Waals surface area contributed by atoms with E-state index in [9.17, 15) is 0 Å². The molecule has 1 saturated heterocycles. The zero-order valence-electron chi connectivity index (χ0n) is 16.5. The minimum atomic E-state index is -0.00285. The maximum Gasteiger partial charge on any atom is 0.227 e. The topological polar surface area (TPSA) is 65.3 Å². The lowest BCUT2D eigenvalue weighted by atomic mass is 9.98. The Morgan fingerprint density at radius 2 is 2.15 bits per heavy atom. The quantitative estimate of drug-likeness (QED) is 0.754. The van der Waals surface area contributed by atoms with Gasteiger partial charge in [-0.15, -0.1) is 21.5 Å². The monoisotopic (exact) mass is 391 g/mol. The molecule has 0 amide bonds. The highest BCUT2D eigenvalue weighted by molar-refractivity contribution is 7.09. The maximum absolute atomic E-state index is 6.28. The third-order valence-electron chi connectivity index (χ3n) is 5.70. The number of methoxy groups -OCH3 is 1. The first-order valence-corrected chi connectivity index (χ1v) is 10.7. The average Bonchev–Trinajstić information content (AvgIpc) is 3.37. The molecule has 1 spiro atoms. The van der Waals surface area contributed by atoms with E-state index < -0.39 is 0 Å². The summed E-state index contributed by atoms with van der Waals surface area (Å²) in [5.74, 6) is 1.90. The van der Waals surface area contributed by atoms with Crippen LogP contribution in [0.15, 0.2) is 5.38 Å². The van der Waals surface area contributed by atoms with E-state index in [1.165, 1.54) is 12.8 Å². The fourth-order valence-electron chi connectivity index (χ4n) is 4.19. The molecule has 0 bridgehead atoms. The van der Waals surface area contributed by atoms with Crippen molar-refractivity contribution in [1.82, 2.24) is 19.7 Å². The van der Waals surface area contributed by atoms with Crippen molar-refractivity contribution >= 4 is 17.3 Å². The summed E-state index contributed by atoms with van der Waals surface area (Å²) in [4.78, 5) is 6.99. The molecular formula is C19H29N5O2S. The predicted molar refractivity (Wildman–Crippen MR) is 106 cm³/mol. The first-order valence-electron chi connectivity index (χ1n) is 9.83. The van der Waals surface area contributed by atoms with E-state index >= 15 is 0 Å². The van der Waals surface area contributed by atoms with Crippen LogP contribution in [0.2, 0.25) is 0 Å². The normalized spacial score (nSPS) is 22.0. The molecule has 2 aliphatic rings. The Labute approximate surface area is 164 Å². The molecule has 0 N–H and O–H groups in total. The Balaban J connectivity index is 1.62. The molecule has 8 heteroatoms. The minimum absolute atomic E-state index is 0.00285. The molecular weight excluding hydrogens is 362 g/mol. The first kappa shape index (κ1) is 18.8. The summed E-state index contributed by atoms with van der Waals surface area (Å²) < 4.78 is 13.9. The van der Waals surface area contributed by atoms with E-state index in [4.69, 9.17) is 9.47 Å². The number of aromatic nitrogens is 4. The van der Waals surface area contributed by atoms with Crippen LogP contribution in [-0.4, -0.2) is 58.3 Å². The predicted octanol–water partition coefficient (Wildman–Crippen LogP) is 2.82. The van der Waals surface area contributed by atoms with Crippen LogP contribution in [0, 0.1) is 6.92 Å². The summed E-state index contributed by atoms with van der Waals surface area (Å²) >= 11 is 1.68. The molecule has 148 valence electrons. The molecule has 1 aliphatic carbocycles. The SMILES string of the molecule is COCCn1c(Cc2nc(C)cs2)nnc1N1CC2(CCCC2)OCC1C. The summed E-state index contributed by atoms with van der Waals surface area (Å²) in [7, 11) is 1.73. The Kier molecular flexibility index (Phi) is 5.48. The van der Waals surface area contributed by atoms with E-state index in [1.54, 1.807) is 18.4 Å². The number of thiazole rings is 1. The molecule has 4 rings (SSSR count). The number of ether oxygens (including phenoxy) is 2. The second-order valence-corrected chi connectivity index (χ2v) is 8.74. The van der Waals surface area contributed by atoms with Crippen molar-refractivity contribution in [2.24, 2.45) is 0 Å². The van der Waals surface area contributed by atoms with E-state index in [2.05, 4.69) is 37.0 Å². The molecule has 0 aromatic carbocycles. The van der Waals surface area contributed by atoms with Gasteiger partial charge in [0, 0.05) is 18.2 Å². The van der Waals surface area contributed by atoms with Gasteiger partial charge in [-0.05, 0) is 26.7 Å². The summed E-state index contributed by atoms with van der Waals surface area (Å²) in [6.07, 6.45) is 5.51. The average molecular weight is 392 g/mol. The van der Waals surface area contributed by atoms with Gasteiger partial charge in [0.05, 0.1) is 44.4 Å². The Morgan fingerprint density at radius 1 is 1.33 bits per heavy atom. The number of hydrogen-bond donors (Lipinski definition) is 0. The maximum atomic E-state index is 6.28. The molecule has 2 aromatic heterocycles. The fourth-order valence-corrected chi connectivity index (χ4v) is 4.96. The zero-order valence-corrected chi connectivity index (χ0v) is 17.3. The second-order valence-electron chi connectivity index (χ2n) is 7.80. The van der Waals surface area contributed by atoms with Gasteiger partial charge < -0.3 is 14.4 Å². The minimum Gasteiger partial charge on any atom is -0.383 e. The van der Waals surface area contributed by atoms with Crippen molar-refractivity contribution in [2.45, 2.75) is 64.1 Å². The highest BCUT2D eigenvalue weighted by atomic mass is 32.1. The molecule has 27 heavy (non-hydrogen) atoms. The van der Waals surface area contributed by atoms with Crippen LogP contribution in [0.1, 0.15) is 49.1 Å². The van der Waals surface area contributed by atoms with Crippen molar-refractivity contribution in [3.05, 3.63) is 21.9 Å². The van der Waals surface area contributed by atoms with Crippen LogP contribution < -0.4 is 4.90 Å². The van der Waals surface area contributed by atoms with Gasteiger partial charge in [0.2, 0.25) is 5.95 Å². The van der Waals surface area contributed by atoms with Crippen molar-refractivity contribution in [1.29, 1.82) is 0 Å². The fraction of sp³-hybridized carbons (Fsp3) is 0.737. The lowest BCUT2D eigenvalue weighted by Gasteiger charge is -2.44. The highest BCUT2D eigenvalue weighted by Crippen LogP contribution is 2.38. The Bertz CT molecular complexity index is 768. The van der Waals surface area contributed by atoms with Gasteiger partial charge in [0.25, 0.3) is 0 Å². The standard InChI is InChI=1S/C19H29N5O2S/c1-14-12-27-17(20-14)10-16-21-22-18(23(16)8-9-25-3)24-13-19(6-4-5-7-19)26-11-15(24)2/h12,15H,4-11,13H2,1-3H3. The van der Waals surface area contributed by atoms with Gasteiger partial charge in [-0.1, -0.05) is 12.8 Å². The number of aryl methyl sites for hydroxylation is 1. The number of anilines is 1. The summed E-state index contributed by atoms with van der Waals surface area (Å²) in [5.41, 5.74) is 1.06. The van der Waals surface area contributed by atoms with Gasteiger partial charge in [0.15, 0.2) is 0 Å². The smallest absolute Gasteiger partial charge is 0.227 e. The van der Waals surface area contributed by atoms with Gasteiger partial charge in [-0.3, -0.25) is 4.57 Å². The number of rotatable bonds is 6. The Morgan fingerprint density at radius 3 is 2.85 bits per heavy atom. The van der Waals surface area contributed by atoms with Gasteiger partial charge >= 0.3 is 0 Å². The van der Waals surface area contributed by atoms with Gasteiger partial charge in [-0.2, -0.15) is 0 Å². The molecule has 7 nitrogen and oxygen atoms in total. The second kappa shape index (κ2) is 7.85. The van der Waals surface area contributed by atoms with Crippen molar-refractivity contribution in [3.63, 3.8) is 0 Å². The molecule has 2 fully saturated rings. The van der Waals surface area contributed by atoms with E-state index in [-0.39, 0.29) is 11.6 Å². The third kappa shape index (κ3) is 3.88. The Hall–Kier alpha value is -1.51. The number of morpholine rings is 1. The van der Waals surface area contributed by atoms with Crippen molar-refractivity contribution < 1.29 is 9.47 Å². The highest BCUT2D eigenvalue weighted by Gasteiger charge is 2.43. The zero-order chi connectivity index (χ0) is 18.9. The molecule has 2 aromatic rings. The molecule has 1 unspecified atom stereocenters. The van der Waals surface area contributed by atoms with Crippen LogP contribution in [0.3, 0.4) is 0 Å². The lowest BCUT2D eigenvalue weighted by Crippen LogP contribution is -2.55. The summed E-state index contributed by atoms with van der Waals surface area (Å²) in [6.45, 7) is 7.26. The van der Waals surface area contributed by atoms with Crippen molar-refractivity contribution in [2.75, 3.05) is 31.8 Å². The van der Waals surface area contributed by atoms with E-state index in [0.29, 0.717) is 13.0 Å². The molecule has 1 atom stereocenters. The summed E-state index contributed by atoms with van der Waals surface area (Å²) in [6, 6.07) is 0.289. The first-order chi connectivity index (χ1) is 13.1. The van der Waals surface area contributed by atoms with Crippen molar-refractivity contribution in [3.8, 4) is 0 Å². The molecule has 0 radical (unpaired) electrons. The van der Waals surface area contributed by atoms with Gasteiger partial charge in [-0.25, -0.2) is 4.98 Å². The van der Waals surface area contributed by atoms with Crippen LogP contribution in [0.25, 0.3) is 0 Å². The van der Waals surface area contributed by atoms with E-state index in [1.807, 2.05) is 6.92 Å². The van der Waals surface area contributed by atoms with Crippen LogP contribution in [0.4, 0.5) is 5.95 Å². The largest absolute Gasteiger partial charge is 0.383 e. The van der Waals surface area contributed by atoms with Crippen LogP contribution >= 0.6 is 11.3 Å². The van der Waals surface area contributed by atoms with Crippen LogP contribution in [-0.2, 0) is 22.4 Å².